The molecule has 2 fully saturated rings. The van der Waals surface area contributed by atoms with Gasteiger partial charge < -0.3 is 5.32 Å². The molecule has 1 heterocycles. The summed E-state index contributed by atoms with van der Waals surface area (Å²) in [7, 11) is 0. The third-order valence-electron chi connectivity index (χ3n) is 4.15. The summed E-state index contributed by atoms with van der Waals surface area (Å²) in [6.45, 7) is 7.99. The average molecular weight is 243 g/mol. The van der Waals surface area contributed by atoms with Crippen LogP contribution < -0.4 is 5.32 Å². The Labute approximate surface area is 104 Å². The molecule has 0 amide bonds. The summed E-state index contributed by atoms with van der Waals surface area (Å²) in [4.78, 5) is 2.55. The van der Waals surface area contributed by atoms with Crippen molar-refractivity contribution in [1.82, 2.24) is 10.2 Å². The Balaban J connectivity index is 2.02. The zero-order valence-electron chi connectivity index (χ0n) is 10.4. The number of halogens is 1. The molecule has 2 aliphatic rings. The number of nitrogens with one attached hydrogen (secondary N) is 1. The minimum absolute atomic E-state index is 0.324. The molecule has 2 unspecified atom stereocenters. The molecular weight excluding hydrogens is 220 g/mol. The predicted molar refractivity (Wildman–Crippen MR) is 69.8 cm³/mol. The molecule has 1 N–H and O–H groups in total. The molecule has 1 aliphatic heterocycles. The van der Waals surface area contributed by atoms with Crippen LogP contribution in [0.5, 0.6) is 0 Å². The molecule has 3 heteroatoms. The Bertz CT molecular complexity index is 263. The van der Waals surface area contributed by atoms with Gasteiger partial charge in [-0.25, -0.2) is 0 Å². The van der Waals surface area contributed by atoms with Crippen molar-refractivity contribution in [3.63, 3.8) is 0 Å². The van der Waals surface area contributed by atoms with E-state index in [0.717, 1.165) is 25.6 Å². The SMILES string of the molecule is CC1CCNC(C)(C2CC2)CN1C/C=C/Cl. The van der Waals surface area contributed by atoms with Crippen LogP contribution in [-0.4, -0.2) is 36.1 Å². The molecule has 1 saturated heterocycles. The van der Waals surface area contributed by atoms with Gasteiger partial charge in [-0.3, -0.25) is 4.90 Å². The maximum absolute atomic E-state index is 5.63. The fourth-order valence-corrected chi connectivity index (χ4v) is 2.88. The van der Waals surface area contributed by atoms with Gasteiger partial charge in [-0.15, -0.1) is 0 Å². The Kier molecular flexibility index (Phi) is 3.93. The third kappa shape index (κ3) is 2.79. The van der Waals surface area contributed by atoms with Crippen molar-refractivity contribution in [2.24, 2.45) is 5.92 Å². The van der Waals surface area contributed by atoms with E-state index in [1.54, 1.807) is 5.54 Å². The molecule has 1 saturated carbocycles. The van der Waals surface area contributed by atoms with E-state index < -0.39 is 0 Å². The molecule has 16 heavy (non-hydrogen) atoms. The van der Waals surface area contributed by atoms with Gasteiger partial charge >= 0.3 is 0 Å². The van der Waals surface area contributed by atoms with Crippen molar-refractivity contribution in [1.29, 1.82) is 0 Å². The number of rotatable bonds is 3. The Morgan fingerprint density at radius 1 is 1.44 bits per heavy atom. The maximum Gasteiger partial charge on any atom is 0.0308 e. The highest BCUT2D eigenvalue weighted by molar-refractivity contribution is 6.25. The summed E-state index contributed by atoms with van der Waals surface area (Å²) in [5.74, 6) is 0.889. The summed E-state index contributed by atoms with van der Waals surface area (Å²) in [6, 6.07) is 0.654. The molecule has 0 aromatic heterocycles. The van der Waals surface area contributed by atoms with Gasteiger partial charge in [0.1, 0.15) is 0 Å². The second-order valence-corrected chi connectivity index (χ2v) is 5.80. The molecule has 2 atom stereocenters. The summed E-state index contributed by atoms with van der Waals surface area (Å²) in [5, 5.41) is 3.76. The monoisotopic (exact) mass is 242 g/mol. The van der Waals surface area contributed by atoms with Gasteiger partial charge in [0.15, 0.2) is 0 Å². The Morgan fingerprint density at radius 3 is 2.81 bits per heavy atom. The van der Waals surface area contributed by atoms with E-state index in [1.165, 1.54) is 19.3 Å². The highest BCUT2D eigenvalue weighted by Gasteiger charge is 2.43. The third-order valence-corrected chi connectivity index (χ3v) is 4.33. The minimum Gasteiger partial charge on any atom is -0.310 e. The first kappa shape index (κ1) is 12.4. The topological polar surface area (TPSA) is 15.3 Å². The van der Waals surface area contributed by atoms with E-state index in [-0.39, 0.29) is 0 Å². The first-order chi connectivity index (χ1) is 7.65. The highest BCUT2D eigenvalue weighted by Crippen LogP contribution is 2.40. The van der Waals surface area contributed by atoms with Crippen molar-refractivity contribution in [3.05, 3.63) is 11.6 Å². The molecule has 0 radical (unpaired) electrons. The standard InChI is InChI=1S/C13H23ClN2/c1-11-6-8-15-13(2,12-4-5-12)10-16(11)9-3-7-14/h3,7,11-12,15H,4-6,8-10H2,1-2H3/b7-3+. The lowest BCUT2D eigenvalue weighted by Gasteiger charge is -2.35. The molecule has 2 rings (SSSR count). The summed E-state index contributed by atoms with van der Waals surface area (Å²) in [5.41, 5.74) is 1.96. The summed E-state index contributed by atoms with van der Waals surface area (Å²) in [6.07, 6.45) is 6.09. The van der Waals surface area contributed by atoms with Crippen LogP contribution in [0, 0.1) is 5.92 Å². The van der Waals surface area contributed by atoms with Crippen LogP contribution in [0.1, 0.15) is 33.1 Å². The van der Waals surface area contributed by atoms with Gasteiger partial charge in [-0.2, -0.15) is 0 Å². The van der Waals surface area contributed by atoms with E-state index in [4.69, 9.17) is 11.6 Å². The van der Waals surface area contributed by atoms with E-state index in [2.05, 4.69) is 30.1 Å². The van der Waals surface area contributed by atoms with E-state index in [1.807, 2.05) is 0 Å². The Morgan fingerprint density at radius 2 is 2.19 bits per heavy atom. The van der Waals surface area contributed by atoms with Gasteiger partial charge in [0.2, 0.25) is 0 Å². The molecule has 0 aromatic carbocycles. The zero-order chi connectivity index (χ0) is 11.6. The number of nitrogens with zero attached hydrogens (tertiary/aromatic N) is 1. The van der Waals surface area contributed by atoms with Crippen LogP contribution in [0.15, 0.2) is 11.6 Å². The summed E-state index contributed by atoms with van der Waals surface area (Å²) >= 11 is 5.63. The van der Waals surface area contributed by atoms with Crippen molar-refractivity contribution < 1.29 is 0 Å². The molecule has 0 spiro atoms. The zero-order valence-corrected chi connectivity index (χ0v) is 11.1. The fourth-order valence-electron chi connectivity index (χ4n) is 2.80. The van der Waals surface area contributed by atoms with Gasteiger partial charge in [0.05, 0.1) is 0 Å². The maximum atomic E-state index is 5.63. The average Bonchev–Trinajstić information content (AvgIpc) is 3.06. The van der Waals surface area contributed by atoms with Crippen molar-refractivity contribution in [2.45, 2.75) is 44.7 Å². The normalized spacial score (nSPS) is 37.8. The largest absolute Gasteiger partial charge is 0.310 e. The lowest BCUT2D eigenvalue weighted by molar-refractivity contribution is 0.178. The quantitative estimate of drug-likeness (QED) is 0.819. The van der Waals surface area contributed by atoms with Crippen LogP contribution in [0.4, 0.5) is 0 Å². The van der Waals surface area contributed by atoms with Gasteiger partial charge in [-0.1, -0.05) is 17.7 Å². The van der Waals surface area contributed by atoms with Gasteiger partial charge in [0.25, 0.3) is 0 Å². The number of hydrogen-bond acceptors (Lipinski definition) is 2. The van der Waals surface area contributed by atoms with Crippen LogP contribution in [0.3, 0.4) is 0 Å². The molecular formula is C13H23ClN2. The van der Waals surface area contributed by atoms with Crippen LogP contribution in [0.2, 0.25) is 0 Å². The fraction of sp³-hybridized carbons (Fsp3) is 0.846. The van der Waals surface area contributed by atoms with Crippen LogP contribution in [0.25, 0.3) is 0 Å². The van der Waals surface area contributed by atoms with Gasteiger partial charge in [-0.05, 0) is 45.6 Å². The lowest BCUT2D eigenvalue weighted by atomic mass is 9.95. The lowest BCUT2D eigenvalue weighted by Crippen LogP contribution is -2.51. The van der Waals surface area contributed by atoms with E-state index >= 15 is 0 Å². The smallest absolute Gasteiger partial charge is 0.0308 e. The van der Waals surface area contributed by atoms with Crippen molar-refractivity contribution >= 4 is 11.6 Å². The van der Waals surface area contributed by atoms with Crippen LogP contribution in [-0.2, 0) is 0 Å². The van der Waals surface area contributed by atoms with E-state index in [9.17, 15) is 0 Å². The molecule has 1 aliphatic carbocycles. The molecule has 0 aromatic rings. The second kappa shape index (κ2) is 5.07. The van der Waals surface area contributed by atoms with E-state index in [0.29, 0.717) is 11.6 Å². The first-order valence-electron chi connectivity index (χ1n) is 6.40. The highest BCUT2D eigenvalue weighted by atomic mass is 35.5. The first-order valence-corrected chi connectivity index (χ1v) is 6.83. The van der Waals surface area contributed by atoms with Crippen LogP contribution >= 0.6 is 11.6 Å². The Hall–Kier alpha value is -0.0500. The van der Waals surface area contributed by atoms with Crippen molar-refractivity contribution in [2.75, 3.05) is 19.6 Å². The minimum atomic E-state index is 0.324. The molecule has 2 nitrogen and oxygen atoms in total. The van der Waals surface area contributed by atoms with Crippen molar-refractivity contribution in [3.8, 4) is 0 Å². The predicted octanol–water partition coefficient (Wildman–Crippen LogP) is 2.59. The molecule has 0 bridgehead atoms. The summed E-state index contributed by atoms with van der Waals surface area (Å²) < 4.78 is 0. The van der Waals surface area contributed by atoms with Gasteiger partial charge in [0, 0.05) is 30.2 Å². The molecule has 92 valence electrons. The second-order valence-electron chi connectivity index (χ2n) is 5.55. The number of hydrogen-bond donors (Lipinski definition) is 1.